The summed E-state index contributed by atoms with van der Waals surface area (Å²) in [5.41, 5.74) is 0.844. The first kappa shape index (κ1) is 28.4. The van der Waals surface area contributed by atoms with Crippen LogP contribution < -0.4 is 15.4 Å². The maximum absolute atomic E-state index is 13.2. The number of nitrogens with zero attached hydrogens (tertiary/aromatic N) is 4. The third kappa shape index (κ3) is 5.78. The number of ether oxygens (including phenoxy) is 1. The fourth-order valence-electron chi connectivity index (χ4n) is 5.77. The Morgan fingerprint density at radius 1 is 1.17 bits per heavy atom. The molecule has 1 aliphatic heterocycles. The highest BCUT2D eigenvalue weighted by atomic mass is 32.1. The number of halogens is 3. The van der Waals surface area contributed by atoms with Crippen molar-refractivity contribution in [1.29, 1.82) is 0 Å². The molecule has 6 rings (SSSR count). The molecule has 2 aromatic carbocycles. The van der Waals surface area contributed by atoms with Gasteiger partial charge >= 0.3 is 6.18 Å². The zero-order chi connectivity index (χ0) is 29.6. The first-order valence-electron chi connectivity index (χ1n) is 13.9. The molecule has 2 aliphatic rings. The van der Waals surface area contributed by atoms with Crippen molar-refractivity contribution in [1.82, 2.24) is 19.9 Å². The third-order valence-electron chi connectivity index (χ3n) is 7.69. The van der Waals surface area contributed by atoms with Gasteiger partial charge in [0, 0.05) is 36.7 Å². The van der Waals surface area contributed by atoms with Gasteiger partial charge in [-0.05, 0) is 56.0 Å². The molecule has 1 saturated carbocycles. The van der Waals surface area contributed by atoms with Crippen molar-refractivity contribution in [2.24, 2.45) is 5.92 Å². The van der Waals surface area contributed by atoms with Gasteiger partial charge in [-0.3, -0.25) is 9.69 Å². The molecule has 2 aromatic heterocycles. The van der Waals surface area contributed by atoms with Crippen LogP contribution in [0.2, 0.25) is 0 Å². The minimum Gasteiger partial charge on any atom is -0.437 e. The van der Waals surface area contributed by atoms with Gasteiger partial charge in [0.05, 0.1) is 16.0 Å². The molecule has 0 bridgehead atoms. The second kappa shape index (κ2) is 10.8. The zero-order valence-corrected chi connectivity index (χ0v) is 24.3. The number of carbonyl (C=O) groups excluding carboxylic acids is 1. The Morgan fingerprint density at radius 3 is 2.67 bits per heavy atom. The fourth-order valence-corrected chi connectivity index (χ4v) is 6.70. The number of fused-ring (bicyclic) bond motifs is 1. The quantitative estimate of drug-likeness (QED) is 0.222. The Hall–Kier alpha value is -3.77. The first-order chi connectivity index (χ1) is 20.0. The van der Waals surface area contributed by atoms with E-state index in [0.29, 0.717) is 39.5 Å². The van der Waals surface area contributed by atoms with Gasteiger partial charge in [0.15, 0.2) is 10.9 Å². The maximum atomic E-state index is 13.2. The van der Waals surface area contributed by atoms with Crippen LogP contribution in [0.15, 0.2) is 48.5 Å². The van der Waals surface area contributed by atoms with Crippen molar-refractivity contribution in [2.75, 3.05) is 23.7 Å². The monoisotopic (exact) mass is 596 g/mol. The Morgan fingerprint density at radius 2 is 1.95 bits per heavy atom. The number of rotatable bonds is 8. The van der Waals surface area contributed by atoms with Gasteiger partial charge in [-0.2, -0.15) is 18.2 Å². The molecule has 42 heavy (non-hydrogen) atoms. The van der Waals surface area contributed by atoms with Crippen LogP contribution in [0.4, 0.5) is 24.3 Å². The summed E-state index contributed by atoms with van der Waals surface area (Å²) < 4.78 is 46.7. The number of benzene rings is 2. The normalized spacial score (nSPS) is 20.4. The fraction of sp³-hybridized carbons (Fsp3) is 0.400. The summed E-state index contributed by atoms with van der Waals surface area (Å²) in [6.45, 7) is 7.95. The van der Waals surface area contributed by atoms with Crippen LogP contribution in [0.1, 0.15) is 45.6 Å². The van der Waals surface area contributed by atoms with Crippen molar-refractivity contribution in [2.45, 2.75) is 57.8 Å². The number of alkyl halides is 3. The molecule has 4 aromatic rings. The van der Waals surface area contributed by atoms with Gasteiger partial charge in [-0.1, -0.05) is 43.4 Å². The number of amides is 1. The van der Waals surface area contributed by atoms with E-state index in [1.165, 1.54) is 30.4 Å². The first-order valence-corrected chi connectivity index (χ1v) is 14.8. The molecule has 2 N–H and O–H groups in total. The summed E-state index contributed by atoms with van der Waals surface area (Å²) in [6.07, 6.45) is -1.21. The highest BCUT2D eigenvalue weighted by molar-refractivity contribution is 7.22. The van der Waals surface area contributed by atoms with Gasteiger partial charge in [0.25, 0.3) is 0 Å². The van der Waals surface area contributed by atoms with Gasteiger partial charge < -0.3 is 15.4 Å². The Kier molecular flexibility index (Phi) is 7.30. The molecule has 2 atom stereocenters. The lowest BCUT2D eigenvalue weighted by molar-refractivity contribution is -0.137. The largest absolute Gasteiger partial charge is 0.437 e. The van der Waals surface area contributed by atoms with E-state index in [-0.39, 0.29) is 23.4 Å². The number of nitrogens with one attached hydrogen (secondary N) is 2. The predicted octanol–water partition coefficient (Wildman–Crippen LogP) is 7.20. The molecule has 12 heteroatoms. The average molecular weight is 597 g/mol. The number of para-hydroxylation sites is 1. The molecule has 1 spiro atoms. The van der Waals surface area contributed by atoms with Gasteiger partial charge in [-0.15, -0.1) is 0 Å². The average Bonchev–Trinajstić information content (AvgIpc) is 3.21. The summed E-state index contributed by atoms with van der Waals surface area (Å²) in [7, 11) is 0. The summed E-state index contributed by atoms with van der Waals surface area (Å²) in [6, 6.07) is 12.1. The van der Waals surface area contributed by atoms with Gasteiger partial charge in [0.2, 0.25) is 17.7 Å². The van der Waals surface area contributed by atoms with E-state index >= 15 is 0 Å². The lowest BCUT2D eigenvalue weighted by Crippen LogP contribution is -2.38. The van der Waals surface area contributed by atoms with Crippen molar-refractivity contribution < 1.29 is 22.7 Å². The smallest absolute Gasteiger partial charge is 0.416 e. The molecule has 1 amide bonds. The second-order valence-corrected chi connectivity index (χ2v) is 12.4. The summed E-state index contributed by atoms with van der Waals surface area (Å²) in [5, 5.41) is 6.65. The molecular weight excluding hydrogens is 565 g/mol. The van der Waals surface area contributed by atoms with Crippen LogP contribution in [-0.2, 0) is 11.0 Å². The minimum absolute atomic E-state index is 0.0747. The summed E-state index contributed by atoms with van der Waals surface area (Å²) in [4.78, 5) is 28.0. The number of anilines is 2. The molecular formula is C30H31F3N6O2S. The van der Waals surface area contributed by atoms with Gasteiger partial charge in [-0.25, -0.2) is 9.97 Å². The highest BCUT2D eigenvalue weighted by Gasteiger charge is 2.60. The molecule has 1 aliphatic carbocycles. The van der Waals surface area contributed by atoms with E-state index in [2.05, 4.69) is 39.3 Å². The van der Waals surface area contributed by atoms with E-state index in [1.54, 1.807) is 12.1 Å². The maximum Gasteiger partial charge on any atom is 0.416 e. The zero-order valence-electron chi connectivity index (χ0n) is 23.5. The van der Waals surface area contributed by atoms with Gasteiger partial charge in [0.1, 0.15) is 5.52 Å². The standard InChI is InChI=1S/C30H31F3N6O2S/c1-17(2)16-39-13-5-12-29(39)15-24(29)36-27-35-21(19-8-10-20(11-9-19)30(31,32)33)14-25(37-27)41-22-6-4-7-23-26(22)38-28(42-23)34-18(3)40/h4,6-11,14,17,24H,5,12-13,15-16H2,1-3H3,(H,34,38,40)(H,35,36,37). The summed E-state index contributed by atoms with van der Waals surface area (Å²) in [5.74, 6) is 1.34. The van der Waals surface area contributed by atoms with Crippen LogP contribution in [0.25, 0.3) is 21.5 Å². The summed E-state index contributed by atoms with van der Waals surface area (Å²) >= 11 is 1.32. The topological polar surface area (TPSA) is 92.3 Å². The number of thiazole rings is 1. The minimum atomic E-state index is -4.43. The molecule has 220 valence electrons. The molecule has 2 fully saturated rings. The van der Waals surface area contributed by atoms with E-state index in [1.807, 2.05) is 12.1 Å². The molecule has 0 radical (unpaired) electrons. The van der Waals surface area contributed by atoms with Crippen molar-refractivity contribution in [3.05, 3.63) is 54.1 Å². The Labute approximate surface area is 245 Å². The molecule has 1 saturated heterocycles. The highest BCUT2D eigenvalue weighted by Crippen LogP contribution is 2.51. The lowest BCUT2D eigenvalue weighted by atomic mass is 10.1. The number of hydrogen-bond acceptors (Lipinski definition) is 8. The Balaban J connectivity index is 1.33. The van der Waals surface area contributed by atoms with Crippen molar-refractivity contribution in [3.63, 3.8) is 0 Å². The van der Waals surface area contributed by atoms with Crippen LogP contribution >= 0.6 is 11.3 Å². The van der Waals surface area contributed by atoms with Crippen LogP contribution in [0.3, 0.4) is 0 Å². The van der Waals surface area contributed by atoms with E-state index in [4.69, 9.17) is 9.72 Å². The predicted molar refractivity (Wildman–Crippen MR) is 157 cm³/mol. The molecule has 8 nitrogen and oxygen atoms in total. The van der Waals surface area contributed by atoms with E-state index < -0.39 is 11.7 Å². The lowest BCUT2D eigenvalue weighted by Gasteiger charge is -2.27. The van der Waals surface area contributed by atoms with Crippen molar-refractivity contribution in [3.8, 4) is 22.9 Å². The molecule has 2 unspecified atom stereocenters. The van der Waals surface area contributed by atoms with Crippen LogP contribution in [0, 0.1) is 5.92 Å². The number of likely N-dealkylation sites (tertiary alicyclic amines) is 1. The number of aromatic nitrogens is 3. The van der Waals surface area contributed by atoms with E-state index in [9.17, 15) is 18.0 Å². The van der Waals surface area contributed by atoms with E-state index in [0.717, 1.165) is 49.2 Å². The third-order valence-corrected chi connectivity index (χ3v) is 8.63. The van der Waals surface area contributed by atoms with Crippen LogP contribution in [-0.4, -0.2) is 50.4 Å². The van der Waals surface area contributed by atoms with Crippen molar-refractivity contribution >= 4 is 38.5 Å². The number of carbonyl (C=O) groups is 1. The second-order valence-electron chi connectivity index (χ2n) is 11.3. The SMILES string of the molecule is CC(=O)Nc1nc2c(Oc3cc(-c4ccc(C(F)(F)F)cc4)nc(NC4CC45CCCN5CC(C)C)n3)cccc2s1. The number of hydrogen-bond donors (Lipinski definition) is 2. The molecule has 3 heterocycles. The van der Waals surface area contributed by atoms with Crippen LogP contribution in [0.5, 0.6) is 11.6 Å². The Bertz CT molecular complexity index is 1620.